The molecule has 1 aliphatic carbocycles. The molecule has 4 heterocycles. The summed E-state index contributed by atoms with van der Waals surface area (Å²) in [6, 6.07) is 30.2. The van der Waals surface area contributed by atoms with Gasteiger partial charge >= 0.3 is 0 Å². The third kappa shape index (κ3) is 8.12. The summed E-state index contributed by atoms with van der Waals surface area (Å²) in [5.74, 6) is 0. The molecule has 4 aliphatic heterocycles. The van der Waals surface area contributed by atoms with E-state index in [1.165, 1.54) is 29.8 Å². The minimum atomic E-state index is -4.24. The normalized spacial score (nSPS) is 19.6. The fourth-order valence-electron chi connectivity index (χ4n) is 6.78. The number of hydrogen-bond acceptors (Lipinski definition) is 5. The van der Waals surface area contributed by atoms with E-state index in [2.05, 4.69) is 84.8 Å². The Balaban J connectivity index is 1.28. The second-order valence-electron chi connectivity index (χ2n) is 13.2. The molecule has 4 aromatic carbocycles. The Hall–Kier alpha value is -4.32. The smallest absolute Gasteiger partial charge is 0.294 e. The highest BCUT2D eigenvalue weighted by molar-refractivity contribution is 7.86. The zero-order valence-electron chi connectivity index (χ0n) is 27.6. The number of nitrogens with zero attached hydrogens (tertiary/aromatic N) is 2. The molecule has 49 heavy (non-hydrogen) atoms. The first kappa shape index (κ1) is 34.5. The highest BCUT2D eigenvalue weighted by Gasteiger charge is 2.31. The van der Waals surface area contributed by atoms with E-state index in [0.29, 0.717) is 13.1 Å². The van der Waals surface area contributed by atoms with Gasteiger partial charge in [-0.1, -0.05) is 72.8 Å². The molecule has 0 aromatic heterocycles. The van der Waals surface area contributed by atoms with Crippen molar-refractivity contribution in [3.63, 3.8) is 0 Å². The third-order valence-electron chi connectivity index (χ3n) is 9.58. The zero-order valence-corrected chi connectivity index (χ0v) is 29.2. The maximum Gasteiger partial charge on any atom is 0.294 e. The van der Waals surface area contributed by atoms with Crippen molar-refractivity contribution in [1.29, 1.82) is 0 Å². The summed E-state index contributed by atoms with van der Waals surface area (Å²) >= 11 is 0. The van der Waals surface area contributed by atoms with Crippen LogP contribution in [0, 0.1) is 0 Å². The van der Waals surface area contributed by atoms with Crippen molar-refractivity contribution >= 4 is 31.5 Å². The van der Waals surface area contributed by atoms with Crippen LogP contribution in [-0.2, 0) is 39.7 Å². The first-order valence-corrected chi connectivity index (χ1v) is 19.2. The van der Waals surface area contributed by atoms with Gasteiger partial charge in [0.15, 0.2) is 0 Å². The number of hydrogen-bond donors (Lipinski definition) is 2. The molecule has 1 atom stereocenters. The number of rotatable bonds is 8. The average molecular weight is 698 g/mol. The van der Waals surface area contributed by atoms with Crippen LogP contribution in [0.15, 0.2) is 137 Å². The molecule has 0 saturated heterocycles. The second kappa shape index (κ2) is 13.9. The van der Waals surface area contributed by atoms with Gasteiger partial charge in [0.05, 0.1) is 23.4 Å². The summed E-state index contributed by atoms with van der Waals surface area (Å²) in [6.45, 7) is 2.22. The maximum absolute atomic E-state index is 11.6. The summed E-state index contributed by atoms with van der Waals surface area (Å²) in [4.78, 5) is 1.87. The molecule has 4 bridgehead atoms. The fraction of sp³-hybridized carbons (Fsp3) is 0.231. The van der Waals surface area contributed by atoms with Gasteiger partial charge in [-0.05, 0) is 101 Å². The molecule has 0 amide bonds. The third-order valence-corrected chi connectivity index (χ3v) is 11.3. The first-order chi connectivity index (χ1) is 23.3. The molecular weight excluding hydrogens is 657 g/mol. The monoisotopic (exact) mass is 697 g/mol. The fourth-order valence-corrected chi connectivity index (χ4v) is 7.74. The van der Waals surface area contributed by atoms with E-state index < -0.39 is 20.2 Å². The molecule has 254 valence electrons. The highest BCUT2D eigenvalue weighted by atomic mass is 32.2. The summed E-state index contributed by atoms with van der Waals surface area (Å²) in [5.41, 5.74) is 8.73. The van der Waals surface area contributed by atoms with Gasteiger partial charge in [-0.3, -0.25) is 9.11 Å². The Morgan fingerprint density at radius 2 is 1.20 bits per heavy atom. The minimum absolute atomic E-state index is 0.0990. The molecule has 0 radical (unpaired) electrons. The van der Waals surface area contributed by atoms with Gasteiger partial charge in [-0.25, -0.2) is 0 Å². The van der Waals surface area contributed by atoms with Gasteiger partial charge in [0.2, 0.25) is 0 Å². The van der Waals surface area contributed by atoms with Crippen molar-refractivity contribution in [3.05, 3.63) is 155 Å². The zero-order chi connectivity index (χ0) is 34.8. The van der Waals surface area contributed by atoms with Gasteiger partial charge in [0.25, 0.3) is 20.2 Å². The second-order valence-corrected chi connectivity index (χ2v) is 16.0. The molecule has 10 heteroatoms. The molecule has 1 unspecified atom stereocenters. The standard InChI is InChI=1S/C39H40N2O6S2/c1-40(27-30-8-22-37(23-9-30)48(42,43)44)35-18-14-33(15-19-35)39-32-12-6-29(7-13-32)5-3-4-26-41(2,36-20-16-34(39)17-21-36)28-31-10-24-38(25-11-31)49(45,46)47/h6-25,36H,3-5,26-28H2,1-2H3,(H-,42,43,44,45,46,47)/p+1. The lowest BCUT2D eigenvalue weighted by molar-refractivity contribution is -0.934. The molecular formula is C39H41N2O6S2+. The molecule has 5 aliphatic rings. The van der Waals surface area contributed by atoms with Crippen LogP contribution in [-0.4, -0.2) is 57.1 Å². The maximum atomic E-state index is 11.6. The van der Waals surface area contributed by atoms with Crippen LogP contribution in [0.25, 0.3) is 5.57 Å². The van der Waals surface area contributed by atoms with Gasteiger partial charge < -0.3 is 9.38 Å². The first-order valence-electron chi connectivity index (χ1n) is 16.3. The number of likely N-dealkylation sites (N-methyl/N-ethyl adjacent to an activating group) is 1. The molecule has 0 spiro atoms. The summed E-state index contributed by atoms with van der Waals surface area (Å²) < 4.78 is 65.5. The van der Waals surface area contributed by atoms with Crippen LogP contribution >= 0.6 is 0 Å². The lowest BCUT2D eigenvalue weighted by Crippen LogP contribution is -2.50. The summed E-state index contributed by atoms with van der Waals surface area (Å²) in [7, 11) is -4.23. The van der Waals surface area contributed by atoms with Crippen molar-refractivity contribution in [2.75, 3.05) is 25.5 Å². The number of benzene rings is 4. The SMILES string of the molecule is CN(Cc1ccc(S(=O)(=O)O)cc1)c1ccc(C2=C3C=CC(C=C3)[N+](C)(Cc3ccc(S(=O)(=O)O)cc3)CCCCc3ccc2cc3)cc1. The minimum Gasteiger partial charge on any atom is -0.370 e. The molecule has 9 rings (SSSR count). The molecule has 0 fully saturated rings. The number of anilines is 1. The van der Waals surface area contributed by atoms with E-state index in [4.69, 9.17) is 0 Å². The van der Waals surface area contributed by atoms with Gasteiger partial charge in [-0.2, -0.15) is 16.8 Å². The van der Waals surface area contributed by atoms with Gasteiger partial charge in [0.1, 0.15) is 12.6 Å². The van der Waals surface area contributed by atoms with Crippen LogP contribution in [0.5, 0.6) is 0 Å². The predicted molar refractivity (Wildman–Crippen MR) is 193 cm³/mol. The topological polar surface area (TPSA) is 112 Å². The molecule has 4 aromatic rings. The van der Waals surface area contributed by atoms with Crippen molar-refractivity contribution in [1.82, 2.24) is 0 Å². The van der Waals surface area contributed by atoms with E-state index in [9.17, 15) is 25.9 Å². The summed E-state index contributed by atoms with van der Waals surface area (Å²) in [6.07, 6.45) is 12.1. The lowest BCUT2D eigenvalue weighted by Gasteiger charge is -2.40. The molecule has 8 nitrogen and oxygen atoms in total. The van der Waals surface area contributed by atoms with Crippen molar-refractivity contribution in [2.45, 2.75) is 48.2 Å². The van der Waals surface area contributed by atoms with Gasteiger partial charge in [0, 0.05) is 24.8 Å². The van der Waals surface area contributed by atoms with Gasteiger partial charge in [-0.15, -0.1) is 0 Å². The molecule has 0 saturated carbocycles. The van der Waals surface area contributed by atoms with Crippen LogP contribution in [0.2, 0.25) is 0 Å². The molecule has 2 N–H and O–H groups in total. The van der Waals surface area contributed by atoms with E-state index in [0.717, 1.165) is 69.4 Å². The van der Waals surface area contributed by atoms with Crippen LogP contribution < -0.4 is 4.90 Å². The van der Waals surface area contributed by atoms with E-state index in [1.807, 2.05) is 7.05 Å². The van der Waals surface area contributed by atoms with Crippen LogP contribution in [0.1, 0.15) is 40.7 Å². The Kier molecular flexibility index (Phi) is 9.79. The van der Waals surface area contributed by atoms with Crippen LogP contribution in [0.3, 0.4) is 0 Å². The van der Waals surface area contributed by atoms with E-state index in [-0.39, 0.29) is 15.8 Å². The quantitative estimate of drug-likeness (QED) is 0.149. The largest absolute Gasteiger partial charge is 0.370 e. The van der Waals surface area contributed by atoms with Crippen LogP contribution in [0.4, 0.5) is 5.69 Å². The highest BCUT2D eigenvalue weighted by Crippen LogP contribution is 2.34. The Bertz CT molecular complexity index is 2110. The van der Waals surface area contributed by atoms with E-state index >= 15 is 0 Å². The average Bonchev–Trinajstić information content (AvgIpc) is 3.07. The lowest BCUT2D eigenvalue weighted by atomic mass is 9.88. The van der Waals surface area contributed by atoms with Crippen molar-refractivity contribution in [2.24, 2.45) is 0 Å². The number of allylic oxidation sites excluding steroid dienone is 3. The predicted octanol–water partition coefficient (Wildman–Crippen LogP) is 7.10. The van der Waals surface area contributed by atoms with Crippen molar-refractivity contribution in [3.8, 4) is 0 Å². The number of aryl methyl sites for hydroxylation is 1. The Morgan fingerprint density at radius 1 is 0.694 bits per heavy atom. The number of quaternary nitrogens is 1. The Labute approximate surface area is 289 Å². The Morgan fingerprint density at radius 3 is 1.73 bits per heavy atom. The summed E-state index contributed by atoms with van der Waals surface area (Å²) in [5, 5.41) is 0. The van der Waals surface area contributed by atoms with Crippen molar-refractivity contribution < 1.29 is 30.4 Å². The van der Waals surface area contributed by atoms with E-state index in [1.54, 1.807) is 24.3 Å².